The predicted molar refractivity (Wildman–Crippen MR) is 71.9 cm³/mol. The zero-order valence-electron chi connectivity index (χ0n) is 12.8. The molecule has 0 aromatic heterocycles. The van der Waals surface area contributed by atoms with E-state index >= 15 is 0 Å². The summed E-state index contributed by atoms with van der Waals surface area (Å²) in [5.74, 6) is -5.67. The van der Waals surface area contributed by atoms with E-state index in [1.165, 1.54) is 0 Å². The Bertz CT molecular complexity index is 645. The number of ether oxygens (including phenoxy) is 2. The van der Waals surface area contributed by atoms with Gasteiger partial charge in [0.25, 0.3) is 0 Å². The molecule has 9 heteroatoms. The number of rotatable bonds is 4. The van der Waals surface area contributed by atoms with Crippen molar-refractivity contribution in [1.82, 2.24) is 0 Å². The van der Waals surface area contributed by atoms with Gasteiger partial charge in [0.05, 0.1) is 19.1 Å². The fraction of sp³-hybridized carbons (Fsp3) is 0.533. The smallest absolute Gasteiger partial charge is 0.391 e. The minimum Gasteiger partial charge on any atom is -0.493 e. The highest BCUT2D eigenvalue weighted by atomic mass is 19.4. The third-order valence-corrected chi connectivity index (χ3v) is 3.93. The van der Waals surface area contributed by atoms with Crippen molar-refractivity contribution in [2.24, 2.45) is 0 Å². The van der Waals surface area contributed by atoms with Crippen LogP contribution in [0.5, 0.6) is 5.75 Å². The van der Waals surface area contributed by atoms with Gasteiger partial charge in [0.2, 0.25) is 5.82 Å². The first-order valence-electron chi connectivity index (χ1n) is 6.97. The van der Waals surface area contributed by atoms with Gasteiger partial charge in [-0.2, -0.15) is 17.6 Å². The Morgan fingerprint density at radius 2 is 2.04 bits per heavy atom. The average molecular weight is 354 g/mol. The minimum atomic E-state index is -4.56. The van der Waals surface area contributed by atoms with E-state index in [0.29, 0.717) is 0 Å². The van der Waals surface area contributed by atoms with E-state index in [0.717, 1.165) is 26.2 Å². The maximum Gasteiger partial charge on any atom is 0.391 e. The highest BCUT2D eigenvalue weighted by molar-refractivity contribution is 5.75. The first-order valence-corrected chi connectivity index (χ1v) is 6.97. The monoisotopic (exact) mass is 354 g/mol. The van der Waals surface area contributed by atoms with Gasteiger partial charge in [-0.1, -0.05) is 6.07 Å². The summed E-state index contributed by atoms with van der Waals surface area (Å²) in [7, 11) is 1.06. The molecule has 24 heavy (non-hydrogen) atoms. The molecule has 1 N–H and O–H groups in total. The van der Waals surface area contributed by atoms with Crippen molar-refractivity contribution in [3.8, 4) is 5.75 Å². The molecular weight excluding hydrogens is 339 g/mol. The molecule has 3 atom stereocenters. The summed E-state index contributed by atoms with van der Waals surface area (Å²) in [5, 5.41) is 9.25. The number of carboxylic acid groups (broad SMARTS) is 1. The van der Waals surface area contributed by atoms with Gasteiger partial charge in [0.15, 0.2) is 17.7 Å². The molecule has 1 saturated heterocycles. The molecule has 1 aliphatic rings. The predicted octanol–water partition coefficient (Wildman–Crippen LogP) is 3.64. The molecule has 0 amide bonds. The summed E-state index contributed by atoms with van der Waals surface area (Å²) >= 11 is 0. The van der Waals surface area contributed by atoms with E-state index < -0.39 is 53.6 Å². The highest BCUT2D eigenvalue weighted by Gasteiger charge is 2.52. The van der Waals surface area contributed by atoms with Crippen molar-refractivity contribution < 1.29 is 41.3 Å². The van der Waals surface area contributed by atoms with Crippen LogP contribution in [0.3, 0.4) is 0 Å². The number of hydrogen-bond donors (Lipinski definition) is 1. The molecule has 2 rings (SSSR count). The topological polar surface area (TPSA) is 55.8 Å². The van der Waals surface area contributed by atoms with Crippen LogP contribution in [0.15, 0.2) is 12.1 Å². The third-order valence-electron chi connectivity index (χ3n) is 3.93. The van der Waals surface area contributed by atoms with E-state index in [4.69, 9.17) is 9.47 Å². The van der Waals surface area contributed by atoms with Crippen LogP contribution in [0.4, 0.5) is 22.0 Å². The normalized spacial score (nSPS) is 27.3. The summed E-state index contributed by atoms with van der Waals surface area (Å²) in [6.07, 6.45) is -7.88. The average Bonchev–Trinajstić information content (AvgIpc) is 2.77. The molecular formula is C15H15F5O4. The van der Waals surface area contributed by atoms with E-state index in [-0.39, 0.29) is 12.0 Å². The molecule has 4 nitrogen and oxygen atoms in total. The number of alkyl halides is 3. The second-order valence-corrected chi connectivity index (χ2v) is 5.91. The Morgan fingerprint density at radius 3 is 2.54 bits per heavy atom. The van der Waals surface area contributed by atoms with Crippen LogP contribution in [-0.2, 0) is 9.53 Å². The lowest BCUT2D eigenvalue weighted by atomic mass is 9.85. The molecule has 1 aromatic rings. The Hall–Kier alpha value is -1.90. The zero-order chi connectivity index (χ0) is 18.3. The van der Waals surface area contributed by atoms with Crippen LogP contribution in [-0.4, -0.2) is 36.1 Å². The van der Waals surface area contributed by atoms with Crippen LogP contribution >= 0.6 is 0 Å². The summed E-state index contributed by atoms with van der Waals surface area (Å²) in [6.45, 7) is 1.14. The van der Waals surface area contributed by atoms with Crippen LogP contribution in [0, 0.1) is 11.6 Å². The number of hydrogen-bond acceptors (Lipinski definition) is 3. The van der Waals surface area contributed by atoms with Crippen molar-refractivity contribution in [3.63, 3.8) is 0 Å². The van der Waals surface area contributed by atoms with Gasteiger partial charge in [0.1, 0.15) is 0 Å². The van der Waals surface area contributed by atoms with Gasteiger partial charge in [-0.3, -0.25) is 0 Å². The molecule has 0 bridgehead atoms. The Morgan fingerprint density at radius 1 is 1.42 bits per heavy atom. The molecule has 1 heterocycles. The van der Waals surface area contributed by atoms with Crippen LogP contribution in [0.1, 0.15) is 31.2 Å². The maximum atomic E-state index is 13.8. The number of halogens is 5. The van der Waals surface area contributed by atoms with E-state index in [2.05, 4.69) is 0 Å². The second kappa shape index (κ2) is 6.19. The van der Waals surface area contributed by atoms with Crippen LogP contribution in [0.25, 0.3) is 0 Å². The molecule has 0 unspecified atom stereocenters. The zero-order valence-corrected chi connectivity index (χ0v) is 12.8. The van der Waals surface area contributed by atoms with Gasteiger partial charge in [-0.25, -0.2) is 9.18 Å². The van der Waals surface area contributed by atoms with Crippen molar-refractivity contribution in [1.29, 1.82) is 0 Å². The van der Waals surface area contributed by atoms with Crippen molar-refractivity contribution >= 4 is 5.97 Å². The number of benzene rings is 1. The minimum absolute atomic E-state index is 0.0466. The van der Waals surface area contributed by atoms with E-state index in [1.54, 1.807) is 0 Å². The molecule has 0 spiro atoms. The molecule has 1 aliphatic heterocycles. The van der Waals surface area contributed by atoms with Gasteiger partial charge in [-0.05, 0) is 19.4 Å². The number of aliphatic carboxylic acids is 1. The molecule has 0 saturated carbocycles. The molecule has 1 aromatic carbocycles. The standard InChI is InChI=1S/C15H15F5O4/c1-14(6-15(18,19)20)5-8(12(24-14)13(21)22)7-3-4-9(16)10(17)11(7)23-2/h3-4,8,12H,5-6H2,1-2H3,(H,21,22)/t8-,12+,14+/m0/s1. The van der Waals surface area contributed by atoms with Gasteiger partial charge in [-0.15, -0.1) is 0 Å². The number of carbonyl (C=O) groups is 1. The fourth-order valence-corrected chi connectivity index (χ4v) is 3.09. The summed E-state index contributed by atoms with van der Waals surface area (Å²) in [5.41, 5.74) is -1.84. The lowest BCUT2D eigenvalue weighted by molar-refractivity contribution is -0.187. The van der Waals surface area contributed by atoms with Crippen molar-refractivity contribution in [2.45, 2.75) is 43.6 Å². The van der Waals surface area contributed by atoms with E-state index in [9.17, 15) is 31.9 Å². The SMILES string of the molecule is COc1c([C@@H]2C[C@](C)(CC(F)(F)F)O[C@H]2C(=O)O)ccc(F)c1F. The lowest BCUT2D eigenvalue weighted by Crippen LogP contribution is -2.33. The Labute approximate surface area is 134 Å². The molecule has 0 radical (unpaired) electrons. The highest BCUT2D eigenvalue weighted by Crippen LogP contribution is 2.48. The first kappa shape index (κ1) is 18.4. The molecule has 1 fully saturated rings. The van der Waals surface area contributed by atoms with E-state index in [1.807, 2.05) is 0 Å². The summed E-state index contributed by atoms with van der Waals surface area (Å²) in [4.78, 5) is 11.4. The first-order chi connectivity index (χ1) is 11.0. The van der Waals surface area contributed by atoms with Gasteiger partial charge >= 0.3 is 12.1 Å². The van der Waals surface area contributed by atoms with Crippen LogP contribution in [0.2, 0.25) is 0 Å². The van der Waals surface area contributed by atoms with Crippen molar-refractivity contribution in [2.75, 3.05) is 7.11 Å². The summed E-state index contributed by atoms with van der Waals surface area (Å²) < 4.78 is 75.2. The Balaban J connectivity index is 2.45. The molecule has 0 aliphatic carbocycles. The fourth-order valence-electron chi connectivity index (χ4n) is 3.09. The van der Waals surface area contributed by atoms with Crippen LogP contribution < -0.4 is 4.74 Å². The summed E-state index contributed by atoms with van der Waals surface area (Å²) in [6, 6.07) is 1.87. The largest absolute Gasteiger partial charge is 0.493 e. The number of carboxylic acids is 1. The quantitative estimate of drug-likeness (QED) is 0.839. The third kappa shape index (κ3) is 3.61. The Kier molecular flexibility index (Phi) is 4.76. The van der Waals surface area contributed by atoms with Gasteiger partial charge < -0.3 is 14.6 Å². The lowest BCUT2D eigenvalue weighted by Gasteiger charge is -2.25. The van der Waals surface area contributed by atoms with Crippen molar-refractivity contribution in [3.05, 3.63) is 29.3 Å². The van der Waals surface area contributed by atoms with Gasteiger partial charge in [0, 0.05) is 11.5 Å². The maximum absolute atomic E-state index is 13.8. The number of methoxy groups -OCH3 is 1. The second-order valence-electron chi connectivity index (χ2n) is 5.91. The molecule has 134 valence electrons.